The summed E-state index contributed by atoms with van der Waals surface area (Å²) in [5.74, 6) is -0.0991. The lowest BCUT2D eigenvalue weighted by molar-refractivity contribution is 0.0738. The summed E-state index contributed by atoms with van der Waals surface area (Å²) in [6.07, 6.45) is 1.86. The van der Waals surface area contributed by atoms with Gasteiger partial charge in [-0.1, -0.05) is 31.5 Å². The lowest BCUT2D eigenvalue weighted by Gasteiger charge is -2.36. The first-order valence-electron chi connectivity index (χ1n) is 8.86. The molecular formula is C19H24N4O2. The van der Waals surface area contributed by atoms with Gasteiger partial charge in [0.1, 0.15) is 5.69 Å². The molecule has 2 heterocycles. The third kappa shape index (κ3) is 4.07. The molecule has 0 N–H and O–H groups in total. The molecule has 2 aromatic rings. The lowest BCUT2D eigenvalue weighted by Crippen LogP contribution is -2.49. The van der Waals surface area contributed by atoms with Crippen molar-refractivity contribution in [2.45, 2.75) is 26.3 Å². The Hall–Kier alpha value is -2.63. The molecule has 6 nitrogen and oxygen atoms in total. The minimum atomic E-state index is -0.154. The Morgan fingerprint density at radius 2 is 1.76 bits per heavy atom. The molecule has 25 heavy (non-hydrogen) atoms. The number of rotatable bonds is 5. The summed E-state index contributed by atoms with van der Waals surface area (Å²) in [5.41, 5.74) is 1.38. The number of hydrogen-bond acceptors (Lipinski definition) is 4. The van der Waals surface area contributed by atoms with Crippen LogP contribution in [0, 0.1) is 0 Å². The van der Waals surface area contributed by atoms with E-state index in [1.54, 1.807) is 0 Å². The van der Waals surface area contributed by atoms with Crippen LogP contribution in [-0.4, -0.2) is 46.8 Å². The smallest absolute Gasteiger partial charge is 0.274 e. The van der Waals surface area contributed by atoms with Crippen LogP contribution in [0.5, 0.6) is 0 Å². The van der Waals surface area contributed by atoms with E-state index in [1.807, 2.05) is 23.1 Å². The van der Waals surface area contributed by atoms with Crippen LogP contribution in [0.25, 0.3) is 0 Å². The fraction of sp³-hybridized carbons (Fsp3) is 0.421. The van der Waals surface area contributed by atoms with Crippen molar-refractivity contribution in [3.05, 3.63) is 58.5 Å². The largest absolute Gasteiger partial charge is 0.368 e. The minimum Gasteiger partial charge on any atom is -0.368 e. The van der Waals surface area contributed by atoms with Gasteiger partial charge in [-0.2, -0.15) is 5.10 Å². The summed E-state index contributed by atoms with van der Waals surface area (Å²) in [7, 11) is 0. The van der Waals surface area contributed by atoms with Gasteiger partial charge in [0.2, 0.25) is 0 Å². The van der Waals surface area contributed by atoms with Gasteiger partial charge in [-0.05, 0) is 24.6 Å². The van der Waals surface area contributed by atoms with Crippen LogP contribution in [0.4, 0.5) is 5.69 Å². The van der Waals surface area contributed by atoms with E-state index >= 15 is 0 Å². The van der Waals surface area contributed by atoms with Crippen LogP contribution >= 0.6 is 0 Å². The molecule has 1 saturated heterocycles. The first-order chi connectivity index (χ1) is 12.2. The van der Waals surface area contributed by atoms with Gasteiger partial charge < -0.3 is 9.80 Å². The number of unbranched alkanes of at least 4 members (excludes halogenated alkanes) is 1. The maximum atomic E-state index is 12.7. The van der Waals surface area contributed by atoms with E-state index in [2.05, 4.69) is 29.1 Å². The zero-order valence-electron chi connectivity index (χ0n) is 14.6. The molecule has 0 spiro atoms. The van der Waals surface area contributed by atoms with Crippen molar-refractivity contribution < 1.29 is 4.79 Å². The van der Waals surface area contributed by atoms with Gasteiger partial charge in [-0.3, -0.25) is 9.59 Å². The molecule has 132 valence electrons. The minimum absolute atomic E-state index is 0.0991. The number of para-hydroxylation sites is 1. The first-order valence-corrected chi connectivity index (χ1v) is 8.86. The number of benzene rings is 1. The van der Waals surface area contributed by atoms with Crippen LogP contribution in [0.15, 0.2) is 47.3 Å². The Labute approximate surface area is 147 Å². The SMILES string of the molecule is CCCCn1nc(C(=O)N2CCN(c3ccccc3)CC2)ccc1=O. The molecule has 0 atom stereocenters. The maximum Gasteiger partial charge on any atom is 0.274 e. The van der Waals surface area contributed by atoms with Gasteiger partial charge in [-0.15, -0.1) is 0 Å². The molecule has 3 rings (SSSR count). The van der Waals surface area contributed by atoms with Gasteiger partial charge in [0.05, 0.1) is 0 Å². The second-order valence-corrected chi connectivity index (χ2v) is 6.25. The summed E-state index contributed by atoms with van der Waals surface area (Å²) in [6, 6.07) is 13.2. The van der Waals surface area contributed by atoms with E-state index in [-0.39, 0.29) is 11.5 Å². The molecule has 1 aliphatic rings. The van der Waals surface area contributed by atoms with E-state index < -0.39 is 0 Å². The number of amides is 1. The molecule has 1 aromatic heterocycles. The fourth-order valence-electron chi connectivity index (χ4n) is 3.00. The van der Waals surface area contributed by atoms with Crippen LogP contribution in [0.1, 0.15) is 30.3 Å². The van der Waals surface area contributed by atoms with Crippen LogP contribution in [0.2, 0.25) is 0 Å². The maximum absolute atomic E-state index is 12.7. The van der Waals surface area contributed by atoms with Crippen molar-refractivity contribution in [1.82, 2.24) is 14.7 Å². The van der Waals surface area contributed by atoms with E-state index in [4.69, 9.17) is 0 Å². The highest BCUT2D eigenvalue weighted by molar-refractivity contribution is 5.92. The number of aromatic nitrogens is 2. The molecule has 1 amide bonds. The average Bonchev–Trinajstić information content (AvgIpc) is 2.67. The third-order valence-corrected chi connectivity index (χ3v) is 4.50. The summed E-state index contributed by atoms with van der Waals surface area (Å²) in [6.45, 7) is 5.52. The highest BCUT2D eigenvalue weighted by atomic mass is 16.2. The molecule has 0 saturated carbocycles. The second kappa shape index (κ2) is 7.96. The standard InChI is InChI=1S/C19H24N4O2/c1-2-3-11-23-18(24)10-9-17(20-23)19(25)22-14-12-21(13-15-22)16-7-5-4-6-8-16/h4-10H,2-3,11-15H2,1H3. The Morgan fingerprint density at radius 3 is 2.44 bits per heavy atom. The number of aryl methyl sites for hydroxylation is 1. The monoisotopic (exact) mass is 340 g/mol. The van der Waals surface area contributed by atoms with Crippen LogP contribution in [-0.2, 0) is 6.54 Å². The Kier molecular flexibility index (Phi) is 5.48. The molecular weight excluding hydrogens is 316 g/mol. The van der Waals surface area contributed by atoms with Crippen LogP contribution < -0.4 is 10.5 Å². The quantitative estimate of drug-likeness (QED) is 0.835. The number of nitrogens with zero attached hydrogens (tertiary/aromatic N) is 4. The van der Waals surface area contributed by atoms with Crippen molar-refractivity contribution in [2.24, 2.45) is 0 Å². The summed E-state index contributed by atoms with van der Waals surface area (Å²) < 4.78 is 1.40. The van der Waals surface area contributed by atoms with Crippen molar-refractivity contribution >= 4 is 11.6 Å². The fourth-order valence-corrected chi connectivity index (χ4v) is 3.00. The van der Waals surface area contributed by atoms with E-state index in [9.17, 15) is 9.59 Å². The van der Waals surface area contributed by atoms with Gasteiger partial charge in [0, 0.05) is 44.5 Å². The molecule has 0 bridgehead atoms. The van der Waals surface area contributed by atoms with Crippen molar-refractivity contribution in [1.29, 1.82) is 0 Å². The Bertz CT molecular complexity index is 764. The lowest BCUT2D eigenvalue weighted by atomic mass is 10.2. The van der Waals surface area contributed by atoms with Crippen molar-refractivity contribution in [2.75, 3.05) is 31.1 Å². The molecule has 1 aromatic carbocycles. The number of carbonyl (C=O) groups excluding carboxylic acids is 1. The number of carbonyl (C=O) groups is 1. The topological polar surface area (TPSA) is 58.4 Å². The molecule has 0 aliphatic carbocycles. The molecule has 0 radical (unpaired) electrons. The van der Waals surface area contributed by atoms with E-state index in [1.165, 1.54) is 22.5 Å². The predicted molar refractivity (Wildman–Crippen MR) is 98.0 cm³/mol. The summed E-state index contributed by atoms with van der Waals surface area (Å²) in [5, 5.41) is 4.26. The van der Waals surface area contributed by atoms with E-state index in [0.717, 1.165) is 25.9 Å². The zero-order chi connectivity index (χ0) is 17.6. The molecule has 1 aliphatic heterocycles. The van der Waals surface area contributed by atoms with Crippen LogP contribution in [0.3, 0.4) is 0 Å². The second-order valence-electron chi connectivity index (χ2n) is 6.25. The first kappa shape index (κ1) is 17.2. The highest BCUT2D eigenvalue weighted by Gasteiger charge is 2.23. The molecule has 0 unspecified atom stereocenters. The van der Waals surface area contributed by atoms with Gasteiger partial charge >= 0.3 is 0 Å². The van der Waals surface area contributed by atoms with Crippen molar-refractivity contribution in [3.8, 4) is 0 Å². The summed E-state index contributed by atoms with van der Waals surface area (Å²) >= 11 is 0. The normalized spacial score (nSPS) is 14.6. The van der Waals surface area contributed by atoms with Gasteiger partial charge in [-0.25, -0.2) is 4.68 Å². The third-order valence-electron chi connectivity index (χ3n) is 4.50. The summed E-state index contributed by atoms with van der Waals surface area (Å²) in [4.78, 5) is 28.6. The average molecular weight is 340 g/mol. The number of piperazine rings is 1. The number of hydrogen-bond donors (Lipinski definition) is 0. The van der Waals surface area contributed by atoms with Gasteiger partial charge in [0.15, 0.2) is 0 Å². The highest BCUT2D eigenvalue weighted by Crippen LogP contribution is 2.16. The van der Waals surface area contributed by atoms with E-state index in [0.29, 0.717) is 25.3 Å². The van der Waals surface area contributed by atoms with Gasteiger partial charge in [0.25, 0.3) is 11.5 Å². The molecule has 1 fully saturated rings. The predicted octanol–water partition coefficient (Wildman–Crippen LogP) is 2.01. The number of anilines is 1. The zero-order valence-corrected chi connectivity index (χ0v) is 14.6. The Balaban J connectivity index is 1.65. The molecule has 6 heteroatoms. The van der Waals surface area contributed by atoms with Crippen molar-refractivity contribution in [3.63, 3.8) is 0 Å². The Morgan fingerprint density at radius 1 is 1.04 bits per heavy atom.